The van der Waals surface area contributed by atoms with Gasteiger partial charge in [-0.3, -0.25) is 0 Å². The monoisotopic (exact) mass is 158 g/mol. The molecule has 11 heavy (non-hydrogen) atoms. The summed E-state index contributed by atoms with van der Waals surface area (Å²) in [5, 5.41) is 0. The fourth-order valence-corrected chi connectivity index (χ4v) is 0.547. The van der Waals surface area contributed by atoms with Crippen LogP contribution in [0.1, 0.15) is 0 Å². The maximum absolute atomic E-state index is 10.5. The predicted octanol–water partition coefficient (Wildman–Crippen LogP) is 0.209. The molecule has 1 saturated heterocycles. The summed E-state index contributed by atoms with van der Waals surface area (Å²) < 4.78 is 13.2. The second kappa shape index (κ2) is 3.05. The van der Waals surface area contributed by atoms with Crippen LogP contribution in [0.3, 0.4) is 0 Å². The zero-order valence-corrected chi connectivity index (χ0v) is 5.61. The van der Waals surface area contributed by atoms with Gasteiger partial charge in [0.05, 0.1) is 0 Å². The Labute approximate surface area is 62.5 Å². The lowest BCUT2D eigenvalue weighted by atomic mass is 10.6. The summed E-state index contributed by atoms with van der Waals surface area (Å²) in [7, 11) is 0. The Bertz CT molecular complexity index is 197. The Morgan fingerprint density at radius 2 is 2.55 bits per heavy atom. The largest absolute Gasteiger partial charge is 0.511 e. The minimum Gasteiger partial charge on any atom is -0.426 e. The van der Waals surface area contributed by atoms with E-state index in [0.29, 0.717) is 0 Å². The maximum Gasteiger partial charge on any atom is 0.511 e. The highest BCUT2D eigenvalue weighted by Crippen LogP contribution is 2.07. The van der Waals surface area contributed by atoms with E-state index in [1.165, 1.54) is 0 Å². The van der Waals surface area contributed by atoms with Crippen LogP contribution in [0, 0.1) is 0 Å². The molecule has 1 atom stereocenters. The van der Waals surface area contributed by atoms with Crippen LogP contribution >= 0.6 is 0 Å². The van der Waals surface area contributed by atoms with E-state index in [4.69, 9.17) is 0 Å². The molecule has 0 spiro atoms. The van der Waals surface area contributed by atoms with Gasteiger partial charge in [0, 0.05) is 6.08 Å². The Balaban J connectivity index is 2.33. The van der Waals surface area contributed by atoms with Gasteiger partial charge in [0.1, 0.15) is 0 Å². The van der Waals surface area contributed by atoms with E-state index in [9.17, 15) is 9.59 Å². The van der Waals surface area contributed by atoms with Crippen LogP contribution < -0.4 is 0 Å². The Morgan fingerprint density at radius 3 is 3.00 bits per heavy atom. The number of carbonyl (C=O) groups is 2. The van der Waals surface area contributed by atoms with Gasteiger partial charge in [0.25, 0.3) is 6.29 Å². The van der Waals surface area contributed by atoms with Gasteiger partial charge in [0.15, 0.2) is 6.61 Å². The molecule has 0 saturated carbocycles. The molecule has 0 N–H and O–H groups in total. The minimum absolute atomic E-state index is 0.0571. The molecule has 0 aliphatic carbocycles. The lowest BCUT2D eigenvalue weighted by Crippen LogP contribution is -2.18. The van der Waals surface area contributed by atoms with Crippen molar-refractivity contribution < 1.29 is 23.8 Å². The molecule has 5 heteroatoms. The summed E-state index contributed by atoms with van der Waals surface area (Å²) in [5.41, 5.74) is 0. The van der Waals surface area contributed by atoms with Crippen LogP contribution in [-0.4, -0.2) is 25.0 Å². The molecule has 1 aliphatic heterocycles. The van der Waals surface area contributed by atoms with Crippen molar-refractivity contribution in [1.29, 1.82) is 0 Å². The third-order valence-electron chi connectivity index (χ3n) is 0.979. The van der Waals surface area contributed by atoms with Crippen molar-refractivity contribution in [2.24, 2.45) is 0 Å². The van der Waals surface area contributed by atoms with E-state index >= 15 is 0 Å². The fraction of sp³-hybridized carbons (Fsp3) is 0.333. The highest BCUT2D eigenvalue weighted by atomic mass is 16.8. The first kappa shape index (κ1) is 7.59. The highest BCUT2D eigenvalue weighted by Gasteiger charge is 2.27. The first-order chi connectivity index (χ1) is 5.22. The Hall–Kier alpha value is -1.52. The van der Waals surface area contributed by atoms with Crippen LogP contribution in [0.15, 0.2) is 12.7 Å². The third kappa shape index (κ3) is 1.96. The summed E-state index contributed by atoms with van der Waals surface area (Å²) in [4.78, 5) is 20.7. The number of cyclic esters (lactones) is 2. The van der Waals surface area contributed by atoms with Crippen LogP contribution in [0.25, 0.3) is 0 Å². The molecule has 0 aromatic heterocycles. The summed E-state index contributed by atoms with van der Waals surface area (Å²) in [5.74, 6) is -0.645. The van der Waals surface area contributed by atoms with Crippen molar-refractivity contribution in [1.82, 2.24) is 0 Å². The molecular formula is C6H6O5. The van der Waals surface area contributed by atoms with Crippen molar-refractivity contribution in [2.45, 2.75) is 6.29 Å². The quantitative estimate of drug-likeness (QED) is 0.424. The lowest BCUT2D eigenvalue weighted by Gasteiger charge is -2.04. The number of esters is 1. The fourth-order valence-electron chi connectivity index (χ4n) is 0.547. The van der Waals surface area contributed by atoms with Crippen molar-refractivity contribution >= 4 is 12.1 Å². The first-order valence-corrected chi connectivity index (χ1v) is 2.89. The van der Waals surface area contributed by atoms with Gasteiger partial charge in [-0.05, 0) is 0 Å². The van der Waals surface area contributed by atoms with E-state index in [-0.39, 0.29) is 6.61 Å². The molecule has 0 bridgehead atoms. The second-order valence-corrected chi connectivity index (χ2v) is 1.75. The average Bonchev–Trinajstić information content (AvgIpc) is 2.35. The molecule has 0 amide bonds. The van der Waals surface area contributed by atoms with Gasteiger partial charge in [-0.1, -0.05) is 6.58 Å². The molecule has 0 aromatic rings. The SMILES string of the molecule is C=CC(=O)OC1COC(=O)O1. The topological polar surface area (TPSA) is 61.8 Å². The van der Waals surface area contributed by atoms with E-state index in [1.54, 1.807) is 0 Å². The zero-order chi connectivity index (χ0) is 8.27. The van der Waals surface area contributed by atoms with E-state index < -0.39 is 18.4 Å². The molecule has 5 nitrogen and oxygen atoms in total. The molecule has 1 aliphatic rings. The highest BCUT2D eigenvalue weighted by molar-refractivity contribution is 5.81. The number of carbonyl (C=O) groups excluding carboxylic acids is 2. The van der Waals surface area contributed by atoms with Gasteiger partial charge >= 0.3 is 12.1 Å². The number of ether oxygens (including phenoxy) is 3. The van der Waals surface area contributed by atoms with E-state index in [1.807, 2.05) is 0 Å². The lowest BCUT2D eigenvalue weighted by molar-refractivity contribution is -0.156. The molecular weight excluding hydrogens is 152 g/mol. The summed E-state index contributed by atoms with van der Waals surface area (Å²) >= 11 is 0. The van der Waals surface area contributed by atoms with Crippen molar-refractivity contribution in [3.8, 4) is 0 Å². The molecule has 0 radical (unpaired) electrons. The molecule has 0 aromatic carbocycles. The Kier molecular flexibility index (Phi) is 2.10. The maximum atomic E-state index is 10.5. The second-order valence-electron chi connectivity index (χ2n) is 1.75. The van der Waals surface area contributed by atoms with Gasteiger partial charge < -0.3 is 14.2 Å². The van der Waals surface area contributed by atoms with Crippen LogP contribution in [0.2, 0.25) is 0 Å². The predicted molar refractivity (Wildman–Crippen MR) is 32.5 cm³/mol. The zero-order valence-electron chi connectivity index (χ0n) is 5.61. The molecule has 1 rings (SSSR count). The number of hydrogen-bond acceptors (Lipinski definition) is 5. The van der Waals surface area contributed by atoms with E-state index in [0.717, 1.165) is 6.08 Å². The van der Waals surface area contributed by atoms with Crippen LogP contribution in [0.4, 0.5) is 4.79 Å². The van der Waals surface area contributed by atoms with Crippen molar-refractivity contribution in [2.75, 3.05) is 6.61 Å². The van der Waals surface area contributed by atoms with Gasteiger partial charge in [-0.15, -0.1) is 0 Å². The molecule has 1 heterocycles. The van der Waals surface area contributed by atoms with Gasteiger partial charge in [-0.25, -0.2) is 9.59 Å². The van der Waals surface area contributed by atoms with Crippen molar-refractivity contribution in [3.05, 3.63) is 12.7 Å². The third-order valence-corrected chi connectivity index (χ3v) is 0.979. The summed E-state index contributed by atoms with van der Waals surface area (Å²) in [6, 6.07) is 0. The number of hydrogen-bond donors (Lipinski definition) is 0. The molecule has 1 unspecified atom stereocenters. The Morgan fingerprint density at radius 1 is 1.82 bits per heavy atom. The average molecular weight is 158 g/mol. The van der Waals surface area contributed by atoms with Gasteiger partial charge in [-0.2, -0.15) is 0 Å². The summed E-state index contributed by atoms with van der Waals surface area (Å²) in [6.07, 6.45) is -0.772. The normalized spacial score (nSPS) is 21.8. The van der Waals surface area contributed by atoms with Crippen LogP contribution in [-0.2, 0) is 19.0 Å². The van der Waals surface area contributed by atoms with Crippen LogP contribution in [0.5, 0.6) is 0 Å². The standard InChI is InChI=1S/C6H6O5/c1-2-4(7)10-5-3-9-6(8)11-5/h2,5H,1,3H2. The molecule has 1 fully saturated rings. The first-order valence-electron chi connectivity index (χ1n) is 2.89. The summed E-state index contributed by atoms with van der Waals surface area (Å²) in [6.45, 7) is 3.11. The molecule has 60 valence electrons. The van der Waals surface area contributed by atoms with Gasteiger partial charge in [0.2, 0.25) is 0 Å². The van der Waals surface area contributed by atoms with Crippen molar-refractivity contribution in [3.63, 3.8) is 0 Å². The van der Waals surface area contributed by atoms with E-state index in [2.05, 4.69) is 20.8 Å². The minimum atomic E-state index is -0.923. The number of rotatable bonds is 2. The smallest absolute Gasteiger partial charge is 0.426 e.